The first-order valence-corrected chi connectivity index (χ1v) is 8.94. The number of pyridine rings is 2. The zero-order valence-electron chi connectivity index (χ0n) is 15.4. The van der Waals surface area contributed by atoms with E-state index in [2.05, 4.69) is 16.9 Å². The summed E-state index contributed by atoms with van der Waals surface area (Å²) in [5.41, 5.74) is 2.49. The summed E-state index contributed by atoms with van der Waals surface area (Å²) >= 11 is 0. The van der Waals surface area contributed by atoms with Crippen LogP contribution >= 0.6 is 0 Å². The number of nitrogens with zero attached hydrogens (tertiary/aromatic N) is 3. The zero-order valence-corrected chi connectivity index (χ0v) is 15.4. The lowest BCUT2D eigenvalue weighted by Crippen LogP contribution is -2.11. The predicted octanol–water partition coefficient (Wildman–Crippen LogP) is 4.72. The molecular formula is C22H18FN3O2. The van der Waals surface area contributed by atoms with Crippen molar-refractivity contribution in [3.8, 4) is 23.2 Å². The van der Waals surface area contributed by atoms with Crippen LogP contribution < -0.4 is 4.74 Å². The number of aryl methyl sites for hydroxylation is 1. The lowest BCUT2D eigenvalue weighted by atomic mass is 10.1. The number of halogens is 1. The summed E-state index contributed by atoms with van der Waals surface area (Å²) in [6.45, 7) is 2.13. The Kier molecular flexibility index (Phi) is 6.07. The van der Waals surface area contributed by atoms with Crippen LogP contribution in [0.15, 0.2) is 54.9 Å². The predicted molar refractivity (Wildman–Crippen MR) is 102 cm³/mol. The van der Waals surface area contributed by atoms with Gasteiger partial charge in [-0.25, -0.2) is 14.2 Å². The van der Waals surface area contributed by atoms with Gasteiger partial charge in [-0.1, -0.05) is 25.5 Å². The molecule has 0 aliphatic heterocycles. The van der Waals surface area contributed by atoms with Gasteiger partial charge in [0.15, 0.2) is 0 Å². The molecule has 0 bridgehead atoms. The monoisotopic (exact) mass is 375 g/mol. The van der Waals surface area contributed by atoms with E-state index < -0.39 is 11.8 Å². The number of benzene rings is 1. The minimum absolute atomic E-state index is 0.00295. The van der Waals surface area contributed by atoms with E-state index in [1.807, 2.05) is 18.2 Å². The second-order valence-electron chi connectivity index (χ2n) is 6.24. The van der Waals surface area contributed by atoms with Gasteiger partial charge in [-0.3, -0.25) is 4.98 Å². The molecule has 0 amide bonds. The van der Waals surface area contributed by atoms with E-state index in [9.17, 15) is 9.18 Å². The molecule has 3 aromatic rings. The lowest BCUT2D eigenvalue weighted by Gasteiger charge is -2.07. The number of hydrogen-bond acceptors (Lipinski definition) is 5. The number of hydrogen-bond donors (Lipinski definition) is 0. The highest BCUT2D eigenvalue weighted by atomic mass is 19.1. The summed E-state index contributed by atoms with van der Waals surface area (Å²) in [7, 11) is 0. The molecule has 6 heteroatoms. The summed E-state index contributed by atoms with van der Waals surface area (Å²) in [5.74, 6) is -1.56. The average Bonchev–Trinajstić information content (AvgIpc) is 2.73. The Labute approximate surface area is 162 Å². The van der Waals surface area contributed by atoms with E-state index in [-0.39, 0.29) is 11.4 Å². The molecule has 2 heterocycles. The fraction of sp³-hybridized carbons (Fsp3) is 0.182. The summed E-state index contributed by atoms with van der Waals surface area (Å²) in [5, 5.41) is 8.75. The van der Waals surface area contributed by atoms with Crippen LogP contribution in [0.4, 0.5) is 4.39 Å². The molecule has 28 heavy (non-hydrogen) atoms. The highest BCUT2D eigenvalue weighted by molar-refractivity contribution is 5.91. The molecule has 0 fully saturated rings. The quantitative estimate of drug-likeness (QED) is 0.583. The third-order valence-electron chi connectivity index (χ3n) is 4.19. The number of carbonyl (C=O) groups is 1. The van der Waals surface area contributed by atoms with Crippen molar-refractivity contribution in [3.63, 3.8) is 0 Å². The van der Waals surface area contributed by atoms with Gasteiger partial charge in [-0.2, -0.15) is 5.26 Å². The Balaban J connectivity index is 1.74. The van der Waals surface area contributed by atoms with E-state index in [0.29, 0.717) is 16.8 Å². The number of rotatable bonds is 6. The van der Waals surface area contributed by atoms with Crippen LogP contribution in [0, 0.1) is 17.1 Å². The number of aromatic nitrogens is 2. The first kappa shape index (κ1) is 19.2. The molecule has 0 saturated carbocycles. The van der Waals surface area contributed by atoms with Gasteiger partial charge in [0, 0.05) is 24.0 Å². The molecule has 0 spiro atoms. The van der Waals surface area contributed by atoms with Crippen molar-refractivity contribution in [3.05, 3.63) is 77.4 Å². The average molecular weight is 375 g/mol. The number of esters is 1. The van der Waals surface area contributed by atoms with Crippen molar-refractivity contribution in [2.45, 2.75) is 26.2 Å². The Morgan fingerprint density at radius 2 is 2.00 bits per heavy atom. The van der Waals surface area contributed by atoms with Crippen molar-refractivity contribution < 1.29 is 13.9 Å². The molecule has 5 nitrogen and oxygen atoms in total. The van der Waals surface area contributed by atoms with E-state index in [0.717, 1.165) is 24.8 Å². The SMILES string of the molecule is CCCCc1ccc(-c2ccc(C(=O)Oc3ccc(C#N)cn3)c(F)c2)nc1. The fourth-order valence-electron chi connectivity index (χ4n) is 2.62. The van der Waals surface area contributed by atoms with Crippen molar-refractivity contribution >= 4 is 5.97 Å². The Hall–Kier alpha value is -3.59. The lowest BCUT2D eigenvalue weighted by molar-refractivity contribution is 0.0722. The summed E-state index contributed by atoms with van der Waals surface area (Å²) < 4.78 is 19.5. The minimum Gasteiger partial charge on any atom is -0.404 e. The number of carbonyl (C=O) groups excluding carboxylic acids is 1. The Bertz CT molecular complexity index is 1010. The topological polar surface area (TPSA) is 75.9 Å². The maximum atomic E-state index is 14.5. The maximum absolute atomic E-state index is 14.5. The smallest absolute Gasteiger partial charge is 0.347 e. The first-order chi connectivity index (χ1) is 13.6. The molecule has 140 valence electrons. The molecule has 0 radical (unpaired) electrons. The summed E-state index contributed by atoms with van der Waals surface area (Å²) in [6, 6.07) is 12.8. The van der Waals surface area contributed by atoms with Crippen molar-refractivity contribution in [2.75, 3.05) is 0 Å². The Morgan fingerprint density at radius 3 is 2.61 bits per heavy atom. The van der Waals surface area contributed by atoms with Crippen molar-refractivity contribution in [1.82, 2.24) is 9.97 Å². The maximum Gasteiger partial charge on any atom is 0.347 e. The second-order valence-corrected chi connectivity index (χ2v) is 6.24. The third kappa shape index (κ3) is 4.57. The van der Waals surface area contributed by atoms with Crippen LogP contribution in [0.3, 0.4) is 0 Å². The summed E-state index contributed by atoms with van der Waals surface area (Å²) in [4.78, 5) is 20.4. The molecule has 2 aromatic heterocycles. The van der Waals surface area contributed by atoms with E-state index in [1.165, 1.54) is 30.5 Å². The molecular weight excluding hydrogens is 357 g/mol. The van der Waals surface area contributed by atoms with Crippen LogP contribution in [0.5, 0.6) is 5.88 Å². The van der Waals surface area contributed by atoms with Crippen molar-refractivity contribution in [2.24, 2.45) is 0 Å². The van der Waals surface area contributed by atoms with E-state index in [1.54, 1.807) is 12.3 Å². The molecule has 0 unspecified atom stereocenters. The summed E-state index contributed by atoms with van der Waals surface area (Å²) in [6.07, 6.45) is 6.24. The molecule has 0 N–H and O–H groups in total. The van der Waals surface area contributed by atoms with E-state index >= 15 is 0 Å². The number of unbranched alkanes of at least 4 members (excludes halogenated alkanes) is 1. The largest absolute Gasteiger partial charge is 0.404 e. The van der Waals surface area contributed by atoms with Gasteiger partial charge < -0.3 is 4.74 Å². The number of nitriles is 1. The van der Waals surface area contributed by atoms with Gasteiger partial charge in [-0.05, 0) is 42.7 Å². The minimum atomic E-state index is -0.857. The normalized spacial score (nSPS) is 10.3. The van der Waals surface area contributed by atoms with Gasteiger partial charge in [0.25, 0.3) is 0 Å². The van der Waals surface area contributed by atoms with Gasteiger partial charge in [-0.15, -0.1) is 0 Å². The Morgan fingerprint density at radius 1 is 1.14 bits per heavy atom. The van der Waals surface area contributed by atoms with Gasteiger partial charge in [0.05, 0.1) is 16.8 Å². The van der Waals surface area contributed by atoms with Gasteiger partial charge in [0.1, 0.15) is 11.9 Å². The molecule has 0 saturated heterocycles. The molecule has 0 atom stereocenters. The highest BCUT2D eigenvalue weighted by Gasteiger charge is 2.16. The standard InChI is InChI=1S/C22H18FN3O2/c1-2-3-4-15-5-9-20(25-13-15)17-7-8-18(19(23)11-17)22(27)28-21-10-6-16(12-24)14-26-21/h5-11,13-14H,2-4H2,1H3. The third-order valence-corrected chi connectivity index (χ3v) is 4.19. The van der Waals surface area contributed by atoms with E-state index in [4.69, 9.17) is 10.00 Å². The van der Waals surface area contributed by atoms with Crippen LogP contribution in [0.2, 0.25) is 0 Å². The molecule has 1 aromatic carbocycles. The molecule has 0 aliphatic rings. The van der Waals surface area contributed by atoms with Crippen molar-refractivity contribution in [1.29, 1.82) is 5.26 Å². The van der Waals surface area contributed by atoms with Crippen LogP contribution in [-0.4, -0.2) is 15.9 Å². The van der Waals surface area contributed by atoms with Crippen LogP contribution in [0.25, 0.3) is 11.3 Å². The first-order valence-electron chi connectivity index (χ1n) is 8.94. The van der Waals surface area contributed by atoms with Gasteiger partial charge >= 0.3 is 5.97 Å². The second kappa shape index (κ2) is 8.87. The highest BCUT2D eigenvalue weighted by Crippen LogP contribution is 2.22. The zero-order chi connectivity index (χ0) is 19.9. The molecule has 3 rings (SSSR count). The molecule has 0 aliphatic carbocycles. The van der Waals surface area contributed by atoms with Crippen LogP contribution in [0.1, 0.15) is 41.3 Å². The van der Waals surface area contributed by atoms with Crippen LogP contribution in [-0.2, 0) is 6.42 Å². The number of ether oxygens (including phenoxy) is 1. The fourth-order valence-corrected chi connectivity index (χ4v) is 2.62. The van der Waals surface area contributed by atoms with Gasteiger partial charge in [0.2, 0.25) is 5.88 Å².